The zero-order valence-electron chi connectivity index (χ0n) is 14.5. The molecule has 0 amide bonds. The minimum atomic E-state index is 0.757. The highest BCUT2D eigenvalue weighted by Crippen LogP contribution is 2.58. The Morgan fingerprint density at radius 3 is 1.00 bits per heavy atom. The van der Waals surface area contributed by atoms with Crippen molar-refractivity contribution in [3.8, 4) is 0 Å². The summed E-state index contributed by atoms with van der Waals surface area (Å²) in [6.07, 6.45) is 18.0. The summed E-state index contributed by atoms with van der Waals surface area (Å²) in [4.78, 5) is 0. The summed E-state index contributed by atoms with van der Waals surface area (Å²) in [6, 6.07) is 0. The molecule has 0 nitrogen and oxygen atoms in total. The van der Waals surface area contributed by atoms with Gasteiger partial charge in [-0.3, -0.25) is 0 Å². The van der Waals surface area contributed by atoms with Gasteiger partial charge in [-0.05, 0) is 92.3 Å². The van der Waals surface area contributed by atoms with Crippen molar-refractivity contribution in [3.05, 3.63) is 0 Å². The van der Waals surface area contributed by atoms with E-state index in [0.717, 1.165) is 21.7 Å². The third-order valence-electron chi connectivity index (χ3n) is 7.74. The van der Waals surface area contributed by atoms with Gasteiger partial charge in [0.15, 0.2) is 0 Å². The molecule has 20 heavy (non-hydrogen) atoms. The van der Waals surface area contributed by atoms with Crippen molar-refractivity contribution < 1.29 is 0 Å². The van der Waals surface area contributed by atoms with E-state index >= 15 is 0 Å². The summed E-state index contributed by atoms with van der Waals surface area (Å²) in [5, 5.41) is 0. The molecule has 116 valence electrons. The molecule has 5 fully saturated rings. The van der Waals surface area contributed by atoms with Crippen molar-refractivity contribution in [2.24, 2.45) is 21.7 Å². The van der Waals surface area contributed by atoms with Crippen LogP contribution >= 0.6 is 0 Å². The minimum absolute atomic E-state index is 0.757. The van der Waals surface area contributed by atoms with Crippen LogP contribution in [0.1, 0.15) is 105 Å². The van der Waals surface area contributed by atoms with E-state index in [1.165, 1.54) is 77.0 Å². The Labute approximate surface area is 127 Å². The fourth-order valence-corrected chi connectivity index (χ4v) is 5.74. The summed E-state index contributed by atoms with van der Waals surface area (Å²) >= 11 is 0. The van der Waals surface area contributed by atoms with Gasteiger partial charge in [0.2, 0.25) is 0 Å². The Bertz CT molecular complexity index is 310. The van der Waals surface area contributed by atoms with E-state index in [2.05, 4.69) is 27.7 Å². The Morgan fingerprint density at radius 2 is 0.700 bits per heavy atom. The second-order valence-electron chi connectivity index (χ2n) is 10.3. The lowest BCUT2D eigenvalue weighted by Crippen LogP contribution is -2.37. The van der Waals surface area contributed by atoms with E-state index in [4.69, 9.17) is 0 Å². The number of hydrogen-bond acceptors (Lipinski definition) is 0. The Morgan fingerprint density at radius 1 is 0.400 bits per heavy atom. The molecule has 0 aromatic carbocycles. The van der Waals surface area contributed by atoms with Gasteiger partial charge in [0.05, 0.1) is 0 Å². The third kappa shape index (κ3) is 2.95. The van der Waals surface area contributed by atoms with Crippen LogP contribution in [0.25, 0.3) is 0 Å². The molecular weight excluding hydrogens is 240 g/mol. The molecule has 0 N–H and O–H groups in total. The van der Waals surface area contributed by atoms with Crippen LogP contribution in [0.2, 0.25) is 0 Å². The lowest BCUT2D eigenvalue weighted by atomic mass is 9.55. The average molecular weight is 277 g/mol. The lowest BCUT2D eigenvalue weighted by Gasteiger charge is -2.50. The fraction of sp³-hybridized carbons (Fsp3) is 1.00. The molecule has 4 bridgehead atoms. The van der Waals surface area contributed by atoms with Gasteiger partial charge in [-0.1, -0.05) is 34.1 Å². The standard InChI is InChI=1S/2C10H18/c1-9-3-6-10(2,7-4-9)8-5-9;1-9-4-3-5-10(2,8-9)7-6-9/h2*3-8H2,1-2H3. The molecular formula is C20H36. The second-order valence-corrected chi connectivity index (χ2v) is 10.3. The van der Waals surface area contributed by atoms with Crippen LogP contribution in [0.15, 0.2) is 0 Å². The van der Waals surface area contributed by atoms with Crippen molar-refractivity contribution in [1.29, 1.82) is 0 Å². The van der Waals surface area contributed by atoms with Gasteiger partial charge in [0.25, 0.3) is 0 Å². The minimum Gasteiger partial charge on any atom is -0.0596 e. The predicted octanol–water partition coefficient (Wildman–Crippen LogP) is 6.73. The van der Waals surface area contributed by atoms with Crippen LogP contribution in [-0.4, -0.2) is 0 Å². The smallest absolute Gasteiger partial charge is 0.0320 e. The maximum Gasteiger partial charge on any atom is -0.0320 e. The summed E-state index contributed by atoms with van der Waals surface area (Å²) in [5.41, 5.74) is 3.04. The molecule has 5 aliphatic carbocycles. The van der Waals surface area contributed by atoms with E-state index in [1.54, 1.807) is 0 Å². The first kappa shape index (κ1) is 14.9. The molecule has 0 heteroatoms. The average Bonchev–Trinajstić information content (AvgIpc) is 2.61. The highest BCUT2D eigenvalue weighted by atomic mass is 14.5. The lowest BCUT2D eigenvalue weighted by molar-refractivity contribution is 0.0164. The first-order chi connectivity index (χ1) is 9.24. The van der Waals surface area contributed by atoms with Crippen LogP contribution < -0.4 is 0 Å². The number of fused-ring (bicyclic) bond motifs is 5. The Hall–Kier alpha value is 0. The van der Waals surface area contributed by atoms with E-state index in [1.807, 2.05) is 0 Å². The summed E-state index contributed by atoms with van der Waals surface area (Å²) in [6.45, 7) is 9.92. The van der Waals surface area contributed by atoms with Crippen LogP contribution in [0, 0.1) is 21.7 Å². The zero-order valence-corrected chi connectivity index (χ0v) is 14.5. The monoisotopic (exact) mass is 276 g/mol. The van der Waals surface area contributed by atoms with E-state index in [-0.39, 0.29) is 0 Å². The first-order valence-electron chi connectivity index (χ1n) is 9.24. The van der Waals surface area contributed by atoms with Crippen molar-refractivity contribution in [1.82, 2.24) is 0 Å². The Kier molecular flexibility index (Phi) is 3.54. The van der Waals surface area contributed by atoms with E-state index in [0.29, 0.717) is 0 Å². The number of hydrogen-bond donors (Lipinski definition) is 0. The van der Waals surface area contributed by atoms with Gasteiger partial charge in [0.1, 0.15) is 0 Å². The van der Waals surface area contributed by atoms with Gasteiger partial charge in [-0.15, -0.1) is 0 Å². The molecule has 5 saturated carbocycles. The number of rotatable bonds is 0. The van der Waals surface area contributed by atoms with Crippen LogP contribution in [0.3, 0.4) is 0 Å². The largest absolute Gasteiger partial charge is 0.0596 e. The SMILES string of the molecule is CC12CCC(C)(CC1)CC2.CC12CCCC(C)(CC1)C2. The van der Waals surface area contributed by atoms with E-state index < -0.39 is 0 Å². The molecule has 5 aliphatic rings. The molecule has 0 aliphatic heterocycles. The van der Waals surface area contributed by atoms with Crippen molar-refractivity contribution in [2.45, 2.75) is 105 Å². The molecule has 2 unspecified atom stereocenters. The maximum absolute atomic E-state index is 2.48. The zero-order chi connectivity index (χ0) is 14.5. The predicted molar refractivity (Wildman–Crippen MR) is 87.8 cm³/mol. The van der Waals surface area contributed by atoms with Crippen molar-refractivity contribution in [2.75, 3.05) is 0 Å². The van der Waals surface area contributed by atoms with Crippen LogP contribution in [-0.2, 0) is 0 Å². The Balaban J connectivity index is 0.000000121. The summed E-state index contributed by atoms with van der Waals surface area (Å²) in [7, 11) is 0. The topological polar surface area (TPSA) is 0 Å². The molecule has 2 atom stereocenters. The molecule has 0 heterocycles. The molecule has 5 rings (SSSR count). The van der Waals surface area contributed by atoms with Crippen LogP contribution in [0.4, 0.5) is 0 Å². The summed E-state index contributed by atoms with van der Waals surface area (Å²) < 4.78 is 0. The van der Waals surface area contributed by atoms with Gasteiger partial charge in [0, 0.05) is 0 Å². The fourth-order valence-electron chi connectivity index (χ4n) is 5.74. The molecule has 0 aromatic heterocycles. The van der Waals surface area contributed by atoms with Gasteiger partial charge < -0.3 is 0 Å². The normalized spacial score (nSPS) is 53.4. The van der Waals surface area contributed by atoms with Crippen molar-refractivity contribution >= 4 is 0 Å². The highest BCUT2D eigenvalue weighted by molar-refractivity contribution is 4.97. The maximum atomic E-state index is 2.48. The van der Waals surface area contributed by atoms with Gasteiger partial charge in [-0.25, -0.2) is 0 Å². The molecule has 0 radical (unpaired) electrons. The highest BCUT2D eigenvalue weighted by Gasteiger charge is 2.45. The van der Waals surface area contributed by atoms with Gasteiger partial charge >= 0.3 is 0 Å². The van der Waals surface area contributed by atoms with E-state index in [9.17, 15) is 0 Å². The quantitative estimate of drug-likeness (QED) is 0.460. The first-order valence-corrected chi connectivity index (χ1v) is 9.24. The third-order valence-corrected chi connectivity index (χ3v) is 7.74. The molecule has 0 saturated heterocycles. The van der Waals surface area contributed by atoms with Crippen LogP contribution in [0.5, 0.6) is 0 Å². The molecule has 0 spiro atoms. The molecule has 0 aromatic rings. The van der Waals surface area contributed by atoms with Crippen molar-refractivity contribution in [3.63, 3.8) is 0 Å². The second kappa shape index (κ2) is 4.75. The van der Waals surface area contributed by atoms with Gasteiger partial charge in [-0.2, -0.15) is 0 Å². The summed E-state index contributed by atoms with van der Waals surface area (Å²) in [5.74, 6) is 0.